The van der Waals surface area contributed by atoms with Gasteiger partial charge in [0.25, 0.3) is 5.78 Å². The van der Waals surface area contributed by atoms with E-state index in [1.54, 1.807) is 4.52 Å². The molecule has 172 valence electrons. The number of nitrogens with zero attached hydrogens (tertiary/aromatic N) is 5. The molecule has 0 bridgehead atoms. The molecule has 0 atom stereocenters. The summed E-state index contributed by atoms with van der Waals surface area (Å²) >= 11 is 0. The van der Waals surface area contributed by atoms with Crippen LogP contribution in [-0.2, 0) is 17.8 Å². The smallest absolute Gasteiger partial charge is 0.252 e. The summed E-state index contributed by atoms with van der Waals surface area (Å²) in [5, 5.41) is 4.48. The van der Waals surface area contributed by atoms with E-state index in [2.05, 4.69) is 28.9 Å². The van der Waals surface area contributed by atoms with Crippen molar-refractivity contribution in [2.45, 2.75) is 60.4 Å². The Morgan fingerprint density at radius 2 is 1.84 bits per heavy atom. The monoisotopic (exact) mass is 439 g/mol. The van der Waals surface area contributed by atoms with Crippen molar-refractivity contribution in [1.29, 1.82) is 0 Å². The van der Waals surface area contributed by atoms with Gasteiger partial charge in [-0.15, -0.1) is 5.10 Å². The van der Waals surface area contributed by atoms with E-state index < -0.39 is 0 Å². The maximum Gasteiger partial charge on any atom is 0.252 e. The van der Waals surface area contributed by atoms with Crippen LogP contribution in [0.1, 0.15) is 56.4 Å². The molecule has 1 aromatic carbocycles. The maximum atomic E-state index is 13.1. The van der Waals surface area contributed by atoms with Crippen molar-refractivity contribution < 1.29 is 14.3 Å². The van der Waals surface area contributed by atoms with Gasteiger partial charge >= 0.3 is 0 Å². The van der Waals surface area contributed by atoms with Crippen LogP contribution in [0.25, 0.3) is 5.78 Å². The first-order valence-corrected chi connectivity index (χ1v) is 11.3. The number of hydrogen-bond donors (Lipinski definition) is 0. The van der Waals surface area contributed by atoms with E-state index in [0.29, 0.717) is 43.7 Å². The predicted molar refractivity (Wildman–Crippen MR) is 123 cm³/mol. The molecule has 0 saturated heterocycles. The van der Waals surface area contributed by atoms with Gasteiger partial charge in [0.05, 0.1) is 19.6 Å². The zero-order chi connectivity index (χ0) is 23.1. The summed E-state index contributed by atoms with van der Waals surface area (Å²) in [5.41, 5.74) is 2.82. The number of aryl methyl sites for hydroxylation is 2. The molecule has 1 amide bonds. The molecule has 32 heavy (non-hydrogen) atoms. The van der Waals surface area contributed by atoms with Crippen LogP contribution in [0.15, 0.2) is 24.3 Å². The molecule has 0 unspecified atom stereocenters. The summed E-state index contributed by atoms with van der Waals surface area (Å²) in [5.74, 6) is 2.44. The van der Waals surface area contributed by atoms with Gasteiger partial charge in [-0.2, -0.15) is 4.98 Å². The Morgan fingerprint density at radius 3 is 2.56 bits per heavy atom. The predicted octanol–water partition coefficient (Wildman–Crippen LogP) is 3.91. The second kappa shape index (κ2) is 10.9. The number of benzene rings is 1. The number of carbonyl (C=O) groups is 1. The van der Waals surface area contributed by atoms with Crippen molar-refractivity contribution in [1.82, 2.24) is 24.5 Å². The van der Waals surface area contributed by atoms with E-state index in [-0.39, 0.29) is 12.3 Å². The Bertz CT molecular complexity index is 1060. The Labute approximate surface area is 189 Å². The molecular weight excluding hydrogens is 406 g/mol. The van der Waals surface area contributed by atoms with Crippen LogP contribution >= 0.6 is 0 Å². The lowest BCUT2D eigenvalue weighted by Crippen LogP contribution is -2.32. The Morgan fingerprint density at radius 1 is 1.03 bits per heavy atom. The second-order valence-electron chi connectivity index (χ2n) is 7.83. The van der Waals surface area contributed by atoms with Crippen molar-refractivity contribution in [3.63, 3.8) is 0 Å². The molecule has 8 heteroatoms. The molecule has 0 aliphatic heterocycles. The van der Waals surface area contributed by atoms with E-state index in [4.69, 9.17) is 9.47 Å². The van der Waals surface area contributed by atoms with Gasteiger partial charge in [0.1, 0.15) is 0 Å². The fourth-order valence-electron chi connectivity index (χ4n) is 3.56. The lowest BCUT2D eigenvalue weighted by atomic mass is 10.1. The third kappa shape index (κ3) is 5.75. The Balaban J connectivity index is 1.76. The zero-order valence-corrected chi connectivity index (χ0v) is 19.7. The minimum atomic E-state index is -0.0126. The van der Waals surface area contributed by atoms with Crippen molar-refractivity contribution in [2.24, 2.45) is 0 Å². The van der Waals surface area contributed by atoms with Crippen LogP contribution < -0.4 is 9.47 Å². The van der Waals surface area contributed by atoms with Gasteiger partial charge < -0.3 is 14.4 Å². The molecule has 0 aliphatic rings. The van der Waals surface area contributed by atoms with E-state index in [1.807, 2.05) is 49.9 Å². The largest absolute Gasteiger partial charge is 0.490 e. The second-order valence-corrected chi connectivity index (χ2v) is 7.83. The molecule has 3 rings (SSSR count). The first-order valence-electron chi connectivity index (χ1n) is 11.3. The van der Waals surface area contributed by atoms with Gasteiger partial charge in [-0.25, -0.2) is 9.50 Å². The van der Waals surface area contributed by atoms with Crippen molar-refractivity contribution in [2.75, 3.05) is 19.8 Å². The quantitative estimate of drug-likeness (QED) is 0.451. The molecule has 0 fully saturated rings. The summed E-state index contributed by atoms with van der Waals surface area (Å²) in [4.78, 5) is 23.8. The molecule has 0 saturated carbocycles. The van der Waals surface area contributed by atoms with Crippen molar-refractivity contribution in [3.8, 4) is 11.5 Å². The zero-order valence-electron chi connectivity index (χ0n) is 19.7. The number of carbonyl (C=O) groups excluding carboxylic acids is 1. The minimum absolute atomic E-state index is 0.0126. The molecule has 2 aromatic heterocycles. The van der Waals surface area contributed by atoms with Gasteiger partial charge in [-0.05, 0) is 57.4 Å². The third-order valence-corrected chi connectivity index (χ3v) is 4.96. The van der Waals surface area contributed by atoms with Gasteiger partial charge in [-0.3, -0.25) is 4.79 Å². The first-order chi connectivity index (χ1) is 15.4. The summed E-state index contributed by atoms with van der Waals surface area (Å²) in [6.45, 7) is 12.3. The summed E-state index contributed by atoms with van der Waals surface area (Å²) in [7, 11) is 0. The summed E-state index contributed by atoms with van der Waals surface area (Å²) in [6, 6.07) is 7.82. The van der Waals surface area contributed by atoms with Crippen LogP contribution in [-0.4, -0.2) is 50.1 Å². The first kappa shape index (κ1) is 23.5. The fourth-order valence-corrected chi connectivity index (χ4v) is 3.56. The van der Waals surface area contributed by atoms with Gasteiger partial charge in [0.15, 0.2) is 17.3 Å². The summed E-state index contributed by atoms with van der Waals surface area (Å²) < 4.78 is 13.2. The van der Waals surface area contributed by atoms with Crippen LogP contribution in [0.4, 0.5) is 0 Å². The number of amides is 1. The van der Waals surface area contributed by atoms with E-state index in [9.17, 15) is 4.79 Å². The molecule has 2 heterocycles. The Hall–Kier alpha value is -3.16. The number of hydrogen-bond acceptors (Lipinski definition) is 6. The normalized spacial score (nSPS) is 11.0. The molecule has 0 N–H and O–H groups in total. The van der Waals surface area contributed by atoms with Crippen LogP contribution in [0, 0.1) is 13.8 Å². The number of rotatable bonds is 11. The Kier molecular flexibility index (Phi) is 8.03. The highest BCUT2D eigenvalue weighted by atomic mass is 16.5. The fraction of sp³-hybridized carbons (Fsp3) is 0.500. The molecule has 0 aliphatic carbocycles. The highest BCUT2D eigenvalue weighted by Gasteiger charge is 2.18. The topological polar surface area (TPSA) is 81.9 Å². The number of fused-ring (bicyclic) bond motifs is 1. The van der Waals surface area contributed by atoms with Crippen LogP contribution in [0.5, 0.6) is 11.5 Å². The van der Waals surface area contributed by atoms with Crippen LogP contribution in [0.2, 0.25) is 0 Å². The molecule has 0 spiro atoms. The average molecular weight is 440 g/mol. The number of ether oxygens (including phenoxy) is 2. The lowest BCUT2D eigenvalue weighted by molar-refractivity contribution is -0.131. The lowest BCUT2D eigenvalue weighted by Gasteiger charge is -2.22. The highest BCUT2D eigenvalue weighted by Crippen LogP contribution is 2.29. The van der Waals surface area contributed by atoms with Crippen molar-refractivity contribution >= 4 is 11.7 Å². The van der Waals surface area contributed by atoms with Gasteiger partial charge in [0.2, 0.25) is 5.91 Å². The number of aromatic nitrogens is 4. The third-order valence-electron chi connectivity index (χ3n) is 4.96. The maximum absolute atomic E-state index is 13.1. The molecule has 0 radical (unpaired) electrons. The van der Waals surface area contributed by atoms with Crippen molar-refractivity contribution in [3.05, 3.63) is 47.0 Å². The molecule has 8 nitrogen and oxygen atoms in total. The standard InChI is InChI=1S/C24H33N5O3/c1-6-11-28(16-19-9-10-20(32-12-7-2)21(14-19)31-8-3)23(30)15-22-26-24-25-17(4)13-18(5)29(24)27-22/h9-10,13-14H,6-8,11-12,15-16H2,1-5H3. The highest BCUT2D eigenvalue weighted by molar-refractivity contribution is 5.78. The van der Waals surface area contributed by atoms with E-state index in [0.717, 1.165) is 35.5 Å². The van der Waals surface area contributed by atoms with Gasteiger partial charge in [-0.1, -0.05) is 19.9 Å². The molecule has 3 aromatic rings. The van der Waals surface area contributed by atoms with Gasteiger partial charge in [0, 0.05) is 24.5 Å². The summed E-state index contributed by atoms with van der Waals surface area (Å²) in [6.07, 6.45) is 1.93. The van der Waals surface area contributed by atoms with E-state index >= 15 is 0 Å². The minimum Gasteiger partial charge on any atom is -0.490 e. The SMILES string of the molecule is CCCOc1ccc(CN(CCC)C(=O)Cc2nc3nc(C)cc(C)n3n2)cc1OCC. The van der Waals surface area contributed by atoms with Crippen LogP contribution in [0.3, 0.4) is 0 Å². The average Bonchev–Trinajstić information content (AvgIpc) is 3.15. The molecular formula is C24H33N5O3. The van der Waals surface area contributed by atoms with E-state index in [1.165, 1.54) is 0 Å².